The average Bonchev–Trinajstić information content (AvgIpc) is 3.05. The molecule has 7 atom stereocenters. The lowest BCUT2D eigenvalue weighted by atomic mass is 9.44. The number of carbonyl (C=O) groups is 5. The lowest BCUT2D eigenvalue weighted by Crippen LogP contribution is -2.70. The number of halogens is 1. The summed E-state index contributed by atoms with van der Waals surface area (Å²) in [5, 5.41) is 0. The second-order valence-corrected chi connectivity index (χ2v) is 11.0. The van der Waals surface area contributed by atoms with E-state index in [2.05, 4.69) is 0 Å². The van der Waals surface area contributed by atoms with Gasteiger partial charge < -0.3 is 14.2 Å². The van der Waals surface area contributed by atoms with Crippen molar-refractivity contribution in [2.45, 2.75) is 84.1 Å². The SMILES string of the molecule is CC(=O)OCC(=O)[C@@]1(OC(C)=O)CC[C@@H]2[C@@H]3CCC4=CC(=O)C=C[C@]4(C)[C@@]3(F)[C@@H](OC(C)=O)C[C@@]21C. The van der Waals surface area contributed by atoms with Crippen LogP contribution in [0, 0.1) is 22.7 Å². The third kappa shape index (κ3) is 3.57. The minimum Gasteiger partial charge on any atom is -0.459 e. The van der Waals surface area contributed by atoms with Crippen LogP contribution in [0.3, 0.4) is 0 Å². The normalized spacial score (nSPS) is 40.8. The van der Waals surface area contributed by atoms with Gasteiger partial charge in [0.1, 0.15) is 6.10 Å². The predicted octanol–water partition coefficient (Wildman–Crippen LogP) is 3.36. The molecule has 36 heavy (non-hydrogen) atoms. The molecule has 3 saturated carbocycles. The maximum Gasteiger partial charge on any atom is 0.303 e. The molecule has 0 aromatic heterocycles. The van der Waals surface area contributed by atoms with Crippen molar-refractivity contribution in [3.63, 3.8) is 0 Å². The van der Waals surface area contributed by atoms with E-state index in [-0.39, 0.29) is 24.5 Å². The van der Waals surface area contributed by atoms with Crippen LogP contribution in [0.2, 0.25) is 0 Å². The number of hydrogen-bond donors (Lipinski definition) is 0. The van der Waals surface area contributed by atoms with E-state index >= 15 is 4.39 Å². The van der Waals surface area contributed by atoms with Crippen LogP contribution < -0.4 is 0 Å². The van der Waals surface area contributed by atoms with Gasteiger partial charge in [0.15, 0.2) is 23.7 Å². The highest BCUT2D eigenvalue weighted by atomic mass is 19.1. The number of alkyl halides is 1. The summed E-state index contributed by atoms with van der Waals surface area (Å²) in [6.07, 6.45) is 4.46. The molecule has 4 aliphatic carbocycles. The minimum atomic E-state index is -2.05. The Morgan fingerprint density at radius 3 is 2.33 bits per heavy atom. The van der Waals surface area contributed by atoms with Crippen molar-refractivity contribution in [2.24, 2.45) is 22.7 Å². The Balaban J connectivity index is 1.85. The minimum absolute atomic E-state index is 0.0754. The van der Waals surface area contributed by atoms with Crippen LogP contribution in [-0.4, -0.2) is 53.5 Å². The van der Waals surface area contributed by atoms with Gasteiger partial charge in [0.05, 0.1) is 0 Å². The van der Waals surface area contributed by atoms with Crippen LogP contribution in [-0.2, 0) is 38.2 Å². The molecule has 0 spiro atoms. The monoisotopic (exact) mass is 504 g/mol. The van der Waals surface area contributed by atoms with Crippen molar-refractivity contribution < 1.29 is 42.6 Å². The van der Waals surface area contributed by atoms with E-state index in [4.69, 9.17) is 14.2 Å². The van der Waals surface area contributed by atoms with Crippen molar-refractivity contribution in [3.8, 4) is 0 Å². The zero-order valence-electron chi connectivity index (χ0n) is 21.4. The molecule has 0 heterocycles. The fraction of sp³-hybridized carbons (Fsp3) is 0.667. The smallest absolute Gasteiger partial charge is 0.303 e. The molecule has 4 rings (SSSR count). The molecular formula is C27H33FO8. The highest BCUT2D eigenvalue weighted by Gasteiger charge is 2.76. The van der Waals surface area contributed by atoms with Gasteiger partial charge in [-0.25, -0.2) is 4.39 Å². The van der Waals surface area contributed by atoms with Crippen LogP contribution >= 0.6 is 0 Å². The molecule has 0 aromatic carbocycles. The highest BCUT2D eigenvalue weighted by molar-refractivity contribution is 6.01. The van der Waals surface area contributed by atoms with Crippen molar-refractivity contribution in [1.29, 1.82) is 0 Å². The van der Waals surface area contributed by atoms with Gasteiger partial charge in [0.25, 0.3) is 0 Å². The molecule has 0 aromatic rings. The zero-order valence-corrected chi connectivity index (χ0v) is 21.4. The van der Waals surface area contributed by atoms with E-state index in [9.17, 15) is 24.0 Å². The van der Waals surface area contributed by atoms with E-state index in [1.807, 2.05) is 0 Å². The fourth-order valence-corrected chi connectivity index (χ4v) is 7.70. The number of fused-ring (bicyclic) bond motifs is 5. The van der Waals surface area contributed by atoms with Gasteiger partial charge >= 0.3 is 17.9 Å². The number of esters is 3. The summed E-state index contributed by atoms with van der Waals surface area (Å²) in [6.45, 7) is 6.51. The number of rotatable bonds is 5. The molecule has 9 heteroatoms. The molecule has 0 aliphatic heterocycles. The molecule has 0 saturated heterocycles. The van der Waals surface area contributed by atoms with Gasteiger partial charge in [0.2, 0.25) is 5.78 Å². The van der Waals surface area contributed by atoms with Gasteiger partial charge in [-0.15, -0.1) is 0 Å². The predicted molar refractivity (Wildman–Crippen MR) is 124 cm³/mol. The van der Waals surface area contributed by atoms with E-state index in [1.54, 1.807) is 19.9 Å². The summed E-state index contributed by atoms with van der Waals surface area (Å²) < 4.78 is 34.1. The number of ether oxygens (including phenoxy) is 3. The molecule has 0 bridgehead atoms. The second-order valence-electron chi connectivity index (χ2n) is 11.0. The largest absolute Gasteiger partial charge is 0.459 e. The van der Waals surface area contributed by atoms with Crippen LogP contribution in [0.1, 0.15) is 66.7 Å². The van der Waals surface area contributed by atoms with E-state index < -0.39 is 64.4 Å². The Bertz CT molecular complexity index is 1090. The third-order valence-corrected chi connectivity index (χ3v) is 9.22. The Morgan fingerprint density at radius 2 is 1.72 bits per heavy atom. The third-order valence-electron chi connectivity index (χ3n) is 9.22. The molecule has 3 fully saturated rings. The Morgan fingerprint density at radius 1 is 1.03 bits per heavy atom. The topological polar surface area (TPSA) is 113 Å². The first-order valence-corrected chi connectivity index (χ1v) is 12.4. The molecule has 0 radical (unpaired) electrons. The Labute approximate surface area is 209 Å². The summed E-state index contributed by atoms with van der Waals surface area (Å²) in [5.74, 6) is -3.81. The van der Waals surface area contributed by atoms with Crippen LogP contribution in [0.25, 0.3) is 0 Å². The van der Waals surface area contributed by atoms with E-state index in [0.717, 1.165) is 0 Å². The number of Topliss-reactive ketones (excluding diaryl/α,β-unsaturated/α-hetero) is 1. The van der Waals surface area contributed by atoms with Crippen molar-refractivity contribution >= 4 is 29.5 Å². The lowest BCUT2D eigenvalue weighted by Gasteiger charge is -2.63. The zero-order chi connectivity index (χ0) is 26.7. The molecule has 4 aliphatic rings. The van der Waals surface area contributed by atoms with E-state index in [0.29, 0.717) is 24.8 Å². The maximum absolute atomic E-state index is 17.7. The summed E-state index contributed by atoms with van der Waals surface area (Å²) in [5.41, 5.74) is -5.31. The quantitative estimate of drug-likeness (QED) is 0.414. The molecule has 196 valence electrons. The van der Waals surface area contributed by atoms with E-state index in [1.165, 1.54) is 32.9 Å². The van der Waals surface area contributed by atoms with Crippen LogP contribution in [0.4, 0.5) is 4.39 Å². The number of hydrogen-bond acceptors (Lipinski definition) is 8. The highest BCUT2D eigenvalue weighted by Crippen LogP contribution is 2.70. The lowest BCUT2D eigenvalue weighted by molar-refractivity contribution is -0.233. The van der Waals surface area contributed by atoms with Crippen molar-refractivity contribution in [3.05, 3.63) is 23.8 Å². The van der Waals surface area contributed by atoms with Crippen LogP contribution in [0.15, 0.2) is 23.8 Å². The van der Waals surface area contributed by atoms with Gasteiger partial charge in [-0.1, -0.05) is 18.6 Å². The molecular weight excluding hydrogens is 471 g/mol. The first-order chi connectivity index (χ1) is 16.7. The summed E-state index contributed by atoms with van der Waals surface area (Å²) in [6, 6.07) is 0. The summed E-state index contributed by atoms with van der Waals surface area (Å²) in [7, 11) is 0. The molecule has 0 amide bonds. The molecule has 8 nitrogen and oxygen atoms in total. The first kappa shape index (κ1) is 26.2. The van der Waals surface area contributed by atoms with Crippen molar-refractivity contribution in [1.82, 2.24) is 0 Å². The summed E-state index contributed by atoms with van der Waals surface area (Å²) in [4.78, 5) is 61.5. The molecule has 0 unspecified atom stereocenters. The second kappa shape index (κ2) is 8.63. The van der Waals surface area contributed by atoms with Gasteiger partial charge in [-0.2, -0.15) is 0 Å². The Hall–Kier alpha value is -2.84. The fourth-order valence-electron chi connectivity index (χ4n) is 7.70. The first-order valence-electron chi connectivity index (χ1n) is 12.4. The van der Waals surface area contributed by atoms with Crippen molar-refractivity contribution in [2.75, 3.05) is 6.61 Å². The summed E-state index contributed by atoms with van der Waals surface area (Å²) >= 11 is 0. The maximum atomic E-state index is 17.7. The van der Waals surface area contributed by atoms with Crippen LogP contribution in [0.5, 0.6) is 0 Å². The molecule has 0 N–H and O–H groups in total. The standard InChI is InChI=1S/C27H33FO8/c1-15(29)34-14-22(33)26(36-17(3)31)11-9-20-21-7-6-18-12-19(32)8-10-24(18,4)27(21,28)23(35-16(2)30)13-25(20,26)5/h8,10,12,20-21,23H,6-7,9,11,13-14H2,1-5H3/t20-,21+,23+,24+,25+,26+,27+/m1/s1. The Kier molecular flexibility index (Phi) is 6.29. The number of allylic oxidation sites excluding steroid dienone is 4. The number of carbonyl (C=O) groups excluding carboxylic acids is 5. The average molecular weight is 505 g/mol. The van der Waals surface area contributed by atoms with Gasteiger partial charge in [0, 0.05) is 37.5 Å². The van der Waals surface area contributed by atoms with Gasteiger partial charge in [-0.05, 0) is 57.1 Å². The number of ketones is 2. The van der Waals surface area contributed by atoms with Gasteiger partial charge in [-0.3, -0.25) is 24.0 Å².